The molecule has 0 aromatic heterocycles. The molecule has 102 valence electrons. The van der Waals surface area contributed by atoms with Crippen molar-refractivity contribution >= 4 is 17.6 Å². The number of rotatable bonds is 7. The van der Waals surface area contributed by atoms with Crippen LogP contribution in [0.25, 0.3) is 6.08 Å². The molecule has 0 saturated heterocycles. The van der Waals surface area contributed by atoms with E-state index < -0.39 is 0 Å². The maximum Gasteiger partial charge on any atom is 0.161 e. The lowest BCUT2D eigenvalue weighted by Crippen LogP contribution is -1.97. The molecule has 1 aromatic carbocycles. The lowest BCUT2D eigenvalue weighted by atomic mass is 10.1. The van der Waals surface area contributed by atoms with Gasteiger partial charge < -0.3 is 14.3 Å². The minimum atomic E-state index is -0.0648. The van der Waals surface area contributed by atoms with E-state index in [9.17, 15) is 9.59 Å². The lowest BCUT2D eigenvalue weighted by molar-refractivity contribution is -0.120. The van der Waals surface area contributed by atoms with Crippen molar-refractivity contribution in [3.63, 3.8) is 0 Å². The van der Waals surface area contributed by atoms with Gasteiger partial charge in [0, 0.05) is 12.8 Å². The highest BCUT2D eigenvalue weighted by atomic mass is 16.5. The van der Waals surface area contributed by atoms with Gasteiger partial charge in [0.05, 0.1) is 14.2 Å². The Bertz CT molecular complexity index is 489. The zero-order chi connectivity index (χ0) is 14.3. The van der Waals surface area contributed by atoms with Crippen LogP contribution in [0.3, 0.4) is 0 Å². The molecule has 0 aliphatic heterocycles. The van der Waals surface area contributed by atoms with Gasteiger partial charge in [0.1, 0.15) is 5.78 Å². The molecule has 19 heavy (non-hydrogen) atoms. The molecular weight excluding hydrogens is 244 g/mol. The minimum Gasteiger partial charge on any atom is -0.493 e. The van der Waals surface area contributed by atoms with Gasteiger partial charge in [0.2, 0.25) is 0 Å². The van der Waals surface area contributed by atoms with Crippen LogP contribution in [0.4, 0.5) is 0 Å². The fraction of sp³-hybridized carbons (Fsp3) is 0.333. The van der Waals surface area contributed by atoms with Crippen LogP contribution in [0, 0.1) is 0 Å². The molecule has 1 rings (SSSR count). The first kappa shape index (κ1) is 15.0. The van der Waals surface area contributed by atoms with Crippen LogP contribution >= 0.6 is 0 Å². The predicted octanol–water partition coefficient (Wildman–Crippen LogP) is 2.66. The summed E-state index contributed by atoms with van der Waals surface area (Å²) in [4.78, 5) is 22.3. The van der Waals surface area contributed by atoms with Crippen LogP contribution in [-0.2, 0) is 9.59 Å². The number of allylic oxidation sites excluding steroid dienone is 1. The van der Waals surface area contributed by atoms with E-state index in [1.807, 2.05) is 6.07 Å². The van der Waals surface area contributed by atoms with E-state index >= 15 is 0 Å². The third kappa shape index (κ3) is 4.95. The second-order valence-electron chi connectivity index (χ2n) is 4.12. The second kappa shape index (κ2) is 7.36. The zero-order valence-corrected chi connectivity index (χ0v) is 11.4. The highest BCUT2D eigenvalue weighted by Gasteiger charge is 2.03. The molecule has 4 nitrogen and oxygen atoms in total. The van der Waals surface area contributed by atoms with Gasteiger partial charge in [0.15, 0.2) is 17.3 Å². The summed E-state index contributed by atoms with van der Waals surface area (Å²) in [5.74, 6) is 1.21. The van der Waals surface area contributed by atoms with Gasteiger partial charge in [-0.3, -0.25) is 4.79 Å². The number of hydrogen-bond acceptors (Lipinski definition) is 4. The van der Waals surface area contributed by atoms with Gasteiger partial charge in [-0.05, 0) is 30.7 Å². The van der Waals surface area contributed by atoms with Gasteiger partial charge in [-0.25, -0.2) is 0 Å². The van der Waals surface area contributed by atoms with Crippen LogP contribution in [0.2, 0.25) is 0 Å². The Morgan fingerprint density at radius 2 is 1.79 bits per heavy atom. The Labute approximate surface area is 113 Å². The Kier molecular flexibility index (Phi) is 5.79. The van der Waals surface area contributed by atoms with Crippen LogP contribution in [-0.4, -0.2) is 25.8 Å². The first-order chi connectivity index (χ1) is 9.06. The van der Waals surface area contributed by atoms with Gasteiger partial charge in [-0.2, -0.15) is 0 Å². The summed E-state index contributed by atoms with van der Waals surface area (Å²) in [6.07, 6.45) is 3.71. The van der Waals surface area contributed by atoms with Crippen molar-refractivity contribution in [2.24, 2.45) is 0 Å². The fourth-order valence-electron chi connectivity index (χ4n) is 1.53. The summed E-state index contributed by atoms with van der Waals surface area (Å²) in [5, 5.41) is 0. The predicted molar refractivity (Wildman–Crippen MR) is 73.5 cm³/mol. The molecule has 0 fully saturated rings. The van der Waals surface area contributed by atoms with Crippen molar-refractivity contribution in [1.82, 2.24) is 0 Å². The molecule has 0 atom stereocenters. The van der Waals surface area contributed by atoms with Crippen LogP contribution in [0.5, 0.6) is 11.5 Å². The topological polar surface area (TPSA) is 52.6 Å². The first-order valence-electron chi connectivity index (χ1n) is 5.99. The highest BCUT2D eigenvalue weighted by Crippen LogP contribution is 2.27. The van der Waals surface area contributed by atoms with Crippen molar-refractivity contribution < 1.29 is 19.1 Å². The average molecular weight is 262 g/mol. The number of carbonyl (C=O) groups is 2. The molecule has 0 spiro atoms. The molecule has 0 N–H and O–H groups in total. The molecule has 0 amide bonds. The summed E-state index contributed by atoms with van der Waals surface area (Å²) in [5.41, 5.74) is 0.842. The molecular formula is C15H18O4. The molecule has 0 aliphatic rings. The molecule has 4 heteroatoms. The smallest absolute Gasteiger partial charge is 0.161 e. The van der Waals surface area contributed by atoms with Crippen molar-refractivity contribution in [3.8, 4) is 11.5 Å². The summed E-state index contributed by atoms with van der Waals surface area (Å²) in [6.45, 7) is 1.48. The van der Waals surface area contributed by atoms with E-state index in [-0.39, 0.29) is 24.4 Å². The number of ether oxygens (including phenoxy) is 2. The number of benzene rings is 1. The minimum absolute atomic E-state index is 0.0212. The van der Waals surface area contributed by atoms with Crippen LogP contribution in [0.15, 0.2) is 24.3 Å². The van der Waals surface area contributed by atoms with E-state index in [1.165, 1.54) is 13.0 Å². The zero-order valence-electron chi connectivity index (χ0n) is 11.4. The van der Waals surface area contributed by atoms with E-state index in [2.05, 4.69) is 0 Å². The monoisotopic (exact) mass is 262 g/mol. The number of Topliss-reactive ketones (excluding diaryl/α,β-unsaturated/α-hetero) is 1. The largest absolute Gasteiger partial charge is 0.493 e. The summed E-state index contributed by atoms with van der Waals surface area (Å²) >= 11 is 0. The van der Waals surface area contributed by atoms with E-state index in [1.54, 1.807) is 32.4 Å². The van der Waals surface area contributed by atoms with Gasteiger partial charge in [-0.15, -0.1) is 0 Å². The molecule has 0 saturated carbocycles. The summed E-state index contributed by atoms with van der Waals surface area (Å²) in [6, 6.07) is 5.39. The quantitative estimate of drug-likeness (QED) is 0.709. The van der Waals surface area contributed by atoms with Gasteiger partial charge in [-0.1, -0.05) is 12.1 Å². The molecule has 0 aliphatic carbocycles. The Morgan fingerprint density at radius 3 is 2.37 bits per heavy atom. The highest BCUT2D eigenvalue weighted by molar-refractivity contribution is 5.95. The second-order valence-corrected chi connectivity index (χ2v) is 4.12. The third-order valence-electron chi connectivity index (χ3n) is 2.59. The number of carbonyl (C=O) groups excluding carboxylic acids is 2. The van der Waals surface area contributed by atoms with E-state index in [4.69, 9.17) is 9.47 Å². The molecule has 1 aromatic rings. The molecule has 0 bridgehead atoms. The van der Waals surface area contributed by atoms with Crippen LogP contribution in [0.1, 0.15) is 25.3 Å². The molecule has 0 radical (unpaired) electrons. The molecule has 0 unspecified atom stereocenters. The fourth-order valence-corrected chi connectivity index (χ4v) is 1.53. The Balaban J connectivity index is 2.71. The van der Waals surface area contributed by atoms with E-state index in [0.717, 1.165) is 5.56 Å². The van der Waals surface area contributed by atoms with E-state index in [0.29, 0.717) is 11.5 Å². The standard InChI is InChI=1S/C15H18O4/c1-11(16)4-7-13(17)8-5-12-6-9-14(18-2)15(10-12)19-3/h5-6,8-10H,4,7H2,1-3H3/b8-5+. The van der Waals surface area contributed by atoms with Crippen molar-refractivity contribution in [3.05, 3.63) is 29.8 Å². The Morgan fingerprint density at radius 1 is 1.11 bits per heavy atom. The molecule has 0 heterocycles. The van der Waals surface area contributed by atoms with Gasteiger partial charge >= 0.3 is 0 Å². The van der Waals surface area contributed by atoms with Crippen molar-refractivity contribution in [2.75, 3.05) is 14.2 Å². The Hall–Kier alpha value is -2.10. The van der Waals surface area contributed by atoms with Gasteiger partial charge in [0.25, 0.3) is 0 Å². The van der Waals surface area contributed by atoms with Crippen molar-refractivity contribution in [2.45, 2.75) is 19.8 Å². The SMILES string of the molecule is COc1ccc(/C=C/C(=O)CCC(C)=O)cc1OC. The van der Waals surface area contributed by atoms with Crippen LogP contribution < -0.4 is 9.47 Å². The number of ketones is 2. The number of methoxy groups -OCH3 is 2. The maximum atomic E-state index is 11.5. The maximum absolute atomic E-state index is 11.5. The normalized spacial score (nSPS) is 10.5. The van der Waals surface area contributed by atoms with Crippen molar-refractivity contribution in [1.29, 1.82) is 0 Å². The summed E-state index contributed by atoms with van der Waals surface area (Å²) in [7, 11) is 3.13. The summed E-state index contributed by atoms with van der Waals surface area (Å²) < 4.78 is 10.3. The first-order valence-corrected chi connectivity index (χ1v) is 5.99. The average Bonchev–Trinajstić information content (AvgIpc) is 2.42. The third-order valence-corrected chi connectivity index (χ3v) is 2.59. The number of hydrogen-bond donors (Lipinski definition) is 0. The lowest BCUT2D eigenvalue weighted by Gasteiger charge is -2.07.